The maximum Gasteiger partial charge on any atom is 0.255 e. The van der Waals surface area contributed by atoms with E-state index in [0.717, 1.165) is 5.56 Å². The number of benzene rings is 1. The number of nitrogens with two attached hydrogens (primary N) is 2. The number of nitrogens with one attached hydrogen (secondary N) is 1. The van der Waals surface area contributed by atoms with Gasteiger partial charge in [0.2, 0.25) is 5.91 Å². The minimum Gasteiger partial charge on any atom is -0.484 e. The molecule has 6 nitrogen and oxygen atoms in total. The first-order chi connectivity index (χ1) is 9.47. The number of primary amides is 1. The molecule has 1 aromatic rings. The summed E-state index contributed by atoms with van der Waals surface area (Å²) < 4.78 is 5.19. The Hall–Kier alpha value is -2.08. The molecule has 0 saturated heterocycles. The van der Waals surface area contributed by atoms with Crippen LogP contribution in [0.3, 0.4) is 0 Å². The Balaban J connectivity index is 2.41. The lowest BCUT2D eigenvalue weighted by atomic mass is 10.2. The van der Waals surface area contributed by atoms with Crippen molar-refractivity contribution in [1.82, 2.24) is 5.32 Å². The van der Waals surface area contributed by atoms with Crippen molar-refractivity contribution in [3.63, 3.8) is 0 Å². The van der Waals surface area contributed by atoms with Crippen LogP contribution in [0, 0.1) is 0 Å². The molecule has 0 spiro atoms. The number of hydrogen-bond acceptors (Lipinski definition) is 4. The quantitative estimate of drug-likeness (QED) is 0.635. The Morgan fingerprint density at radius 1 is 1.40 bits per heavy atom. The van der Waals surface area contributed by atoms with Crippen LogP contribution in [0.2, 0.25) is 0 Å². The summed E-state index contributed by atoms with van der Waals surface area (Å²) >= 11 is 0. The van der Waals surface area contributed by atoms with Gasteiger partial charge in [-0.25, -0.2) is 0 Å². The summed E-state index contributed by atoms with van der Waals surface area (Å²) in [5, 5.41) is 2.80. The largest absolute Gasteiger partial charge is 0.484 e. The van der Waals surface area contributed by atoms with Crippen molar-refractivity contribution in [2.24, 2.45) is 11.5 Å². The predicted octanol–water partition coefficient (Wildman–Crippen LogP) is 0.294. The number of ether oxygens (including phenoxy) is 1. The lowest BCUT2D eigenvalue weighted by Gasteiger charge is -2.09. The van der Waals surface area contributed by atoms with Crippen molar-refractivity contribution in [3.05, 3.63) is 29.8 Å². The molecule has 0 aliphatic carbocycles. The first kappa shape index (κ1) is 16.0. The van der Waals surface area contributed by atoms with Gasteiger partial charge in [-0.3, -0.25) is 9.59 Å². The summed E-state index contributed by atoms with van der Waals surface area (Å²) in [5.74, 6) is -0.0171. The van der Waals surface area contributed by atoms with E-state index in [1.165, 1.54) is 0 Å². The molecule has 1 atom stereocenters. The van der Waals surface area contributed by atoms with Gasteiger partial charge in [0.25, 0.3) is 5.91 Å². The zero-order valence-electron chi connectivity index (χ0n) is 11.6. The molecule has 110 valence electrons. The fourth-order valence-electron chi connectivity index (χ4n) is 1.55. The average molecular weight is 279 g/mol. The van der Waals surface area contributed by atoms with Gasteiger partial charge >= 0.3 is 0 Å². The van der Waals surface area contributed by atoms with Gasteiger partial charge in [-0.05, 0) is 31.0 Å². The Bertz CT molecular complexity index is 461. The maximum atomic E-state index is 11.6. The Morgan fingerprint density at radius 3 is 2.80 bits per heavy atom. The molecule has 1 unspecified atom stereocenters. The van der Waals surface area contributed by atoms with Gasteiger partial charge in [-0.2, -0.15) is 0 Å². The third kappa shape index (κ3) is 6.75. The van der Waals surface area contributed by atoms with E-state index in [4.69, 9.17) is 16.2 Å². The number of amides is 2. The minimum absolute atomic E-state index is 0.0197. The number of carbonyl (C=O) groups is 2. The highest BCUT2D eigenvalue weighted by molar-refractivity contribution is 5.76. The lowest BCUT2D eigenvalue weighted by Crippen LogP contribution is -2.25. The van der Waals surface area contributed by atoms with Crippen LogP contribution in [0.5, 0.6) is 5.75 Å². The van der Waals surface area contributed by atoms with E-state index in [0.29, 0.717) is 25.1 Å². The molecule has 20 heavy (non-hydrogen) atoms. The van der Waals surface area contributed by atoms with E-state index in [1.807, 2.05) is 13.0 Å². The first-order valence-electron chi connectivity index (χ1n) is 6.49. The zero-order chi connectivity index (χ0) is 15.0. The molecule has 0 bridgehead atoms. The van der Waals surface area contributed by atoms with E-state index in [-0.39, 0.29) is 18.6 Å². The van der Waals surface area contributed by atoms with Crippen LogP contribution in [-0.4, -0.2) is 24.5 Å². The maximum absolute atomic E-state index is 11.6. The molecule has 1 rings (SSSR count). The number of carbonyl (C=O) groups excluding carboxylic acids is 2. The van der Waals surface area contributed by atoms with Crippen molar-refractivity contribution in [1.29, 1.82) is 0 Å². The summed E-state index contributed by atoms with van der Waals surface area (Å²) in [6.45, 7) is 2.11. The van der Waals surface area contributed by atoms with E-state index in [1.54, 1.807) is 18.2 Å². The molecule has 1 aromatic carbocycles. The molecule has 0 aromatic heterocycles. The van der Waals surface area contributed by atoms with Gasteiger partial charge in [0, 0.05) is 19.0 Å². The van der Waals surface area contributed by atoms with Gasteiger partial charge in [0.1, 0.15) is 5.75 Å². The number of hydrogen-bond donors (Lipinski definition) is 3. The summed E-state index contributed by atoms with van der Waals surface area (Å²) in [5.41, 5.74) is 11.5. The molecule has 0 aliphatic rings. The van der Waals surface area contributed by atoms with Crippen molar-refractivity contribution >= 4 is 11.8 Å². The van der Waals surface area contributed by atoms with E-state index >= 15 is 0 Å². The normalized spacial score (nSPS) is 11.7. The summed E-state index contributed by atoms with van der Waals surface area (Å²) in [6.07, 6.45) is 1.07. The Morgan fingerprint density at radius 2 is 2.15 bits per heavy atom. The van der Waals surface area contributed by atoms with Gasteiger partial charge < -0.3 is 21.5 Å². The first-order valence-corrected chi connectivity index (χ1v) is 6.49. The lowest BCUT2D eigenvalue weighted by molar-refractivity contribution is -0.121. The van der Waals surface area contributed by atoms with Crippen LogP contribution in [0.25, 0.3) is 0 Å². The van der Waals surface area contributed by atoms with Crippen molar-refractivity contribution in [2.75, 3.05) is 6.61 Å². The van der Waals surface area contributed by atoms with E-state index < -0.39 is 5.91 Å². The molecule has 5 N–H and O–H groups in total. The van der Waals surface area contributed by atoms with Crippen LogP contribution in [0.15, 0.2) is 24.3 Å². The summed E-state index contributed by atoms with van der Waals surface area (Å²) in [7, 11) is 0. The van der Waals surface area contributed by atoms with Gasteiger partial charge in [0.15, 0.2) is 6.61 Å². The van der Waals surface area contributed by atoms with Crippen molar-refractivity contribution < 1.29 is 14.3 Å². The molecule has 6 heteroatoms. The summed E-state index contributed by atoms with van der Waals surface area (Å²) in [6, 6.07) is 7.16. The van der Waals surface area contributed by atoms with Crippen LogP contribution in [-0.2, 0) is 16.1 Å². The molecule has 0 radical (unpaired) electrons. The van der Waals surface area contributed by atoms with Gasteiger partial charge in [-0.15, -0.1) is 0 Å². The zero-order valence-corrected chi connectivity index (χ0v) is 11.6. The minimum atomic E-state index is -0.528. The molecule has 2 amide bonds. The van der Waals surface area contributed by atoms with Gasteiger partial charge in [0.05, 0.1) is 0 Å². The second kappa shape index (κ2) is 8.16. The molecule has 0 aliphatic heterocycles. The number of rotatable bonds is 8. The van der Waals surface area contributed by atoms with Crippen LogP contribution < -0.4 is 21.5 Å². The van der Waals surface area contributed by atoms with E-state index in [9.17, 15) is 9.59 Å². The Labute approximate surface area is 118 Å². The molecule has 0 heterocycles. The average Bonchev–Trinajstić information content (AvgIpc) is 2.41. The van der Waals surface area contributed by atoms with Gasteiger partial charge in [-0.1, -0.05) is 12.1 Å². The Kier molecular flexibility index (Phi) is 6.52. The SMILES string of the molecule is CC(N)CCC(=O)NCc1cccc(OCC(N)=O)c1. The highest BCUT2D eigenvalue weighted by atomic mass is 16.5. The molecule has 0 saturated carbocycles. The third-order valence-electron chi connectivity index (χ3n) is 2.60. The second-order valence-electron chi connectivity index (χ2n) is 4.70. The van der Waals surface area contributed by atoms with E-state index in [2.05, 4.69) is 5.32 Å². The second-order valence-corrected chi connectivity index (χ2v) is 4.70. The molecular weight excluding hydrogens is 258 g/mol. The topological polar surface area (TPSA) is 107 Å². The molecular formula is C14H21N3O3. The fourth-order valence-corrected chi connectivity index (χ4v) is 1.55. The van der Waals surface area contributed by atoms with Crippen LogP contribution in [0.1, 0.15) is 25.3 Å². The predicted molar refractivity (Wildman–Crippen MR) is 75.9 cm³/mol. The fraction of sp³-hybridized carbons (Fsp3) is 0.429. The molecule has 0 fully saturated rings. The summed E-state index contributed by atoms with van der Waals surface area (Å²) in [4.78, 5) is 22.2. The third-order valence-corrected chi connectivity index (χ3v) is 2.60. The van der Waals surface area contributed by atoms with Crippen LogP contribution >= 0.6 is 0 Å². The van der Waals surface area contributed by atoms with Crippen molar-refractivity contribution in [3.8, 4) is 5.75 Å². The highest BCUT2D eigenvalue weighted by Crippen LogP contribution is 2.13. The monoisotopic (exact) mass is 279 g/mol. The smallest absolute Gasteiger partial charge is 0.255 e. The van der Waals surface area contributed by atoms with Crippen LogP contribution in [0.4, 0.5) is 0 Å². The standard InChI is InChI=1S/C14H21N3O3/c1-10(15)5-6-14(19)17-8-11-3-2-4-12(7-11)20-9-13(16)18/h2-4,7,10H,5-6,8-9,15H2,1H3,(H2,16,18)(H,17,19). The highest BCUT2D eigenvalue weighted by Gasteiger charge is 2.04. The van der Waals surface area contributed by atoms with Crippen molar-refractivity contribution in [2.45, 2.75) is 32.4 Å².